The maximum absolute atomic E-state index is 10.9. The van der Waals surface area contributed by atoms with Gasteiger partial charge in [-0.25, -0.2) is 0 Å². The molecule has 1 amide bonds. The number of nitrogens with one attached hydrogen (secondary N) is 1. The summed E-state index contributed by atoms with van der Waals surface area (Å²) in [5.41, 5.74) is 0. The maximum atomic E-state index is 10.9. The molecule has 6 heteroatoms. The van der Waals surface area contributed by atoms with Gasteiger partial charge in [-0.15, -0.1) is 0 Å². The van der Waals surface area contributed by atoms with Crippen molar-refractivity contribution in [1.29, 1.82) is 0 Å². The number of morpholine rings is 2. The summed E-state index contributed by atoms with van der Waals surface area (Å²) >= 11 is 0. The van der Waals surface area contributed by atoms with Crippen LogP contribution < -0.4 is 5.32 Å². The average molecular weight is 270 g/mol. The molecule has 0 spiro atoms. The molecular weight excluding hydrogens is 248 g/mol. The number of ether oxygens (including phenoxy) is 2. The number of rotatable bonds is 2. The molecular formula is C13H22N2O4. The van der Waals surface area contributed by atoms with Gasteiger partial charge in [-0.2, -0.15) is 0 Å². The van der Waals surface area contributed by atoms with Crippen molar-refractivity contribution in [2.75, 3.05) is 46.0 Å². The van der Waals surface area contributed by atoms with Crippen molar-refractivity contribution < 1.29 is 19.1 Å². The van der Waals surface area contributed by atoms with Crippen molar-refractivity contribution in [3.8, 4) is 0 Å². The molecule has 0 aromatic heterocycles. The van der Waals surface area contributed by atoms with E-state index < -0.39 is 0 Å². The summed E-state index contributed by atoms with van der Waals surface area (Å²) in [6.45, 7) is 9.94. The van der Waals surface area contributed by atoms with Crippen molar-refractivity contribution in [3.63, 3.8) is 0 Å². The Kier molecular flexibility index (Phi) is 7.32. The van der Waals surface area contributed by atoms with E-state index in [-0.39, 0.29) is 17.8 Å². The van der Waals surface area contributed by atoms with Crippen molar-refractivity contribution in [1.82, 2.24) is 10.2 Å². The zero-order valence-corrected chi connectivity index (χ0v) is 11.4. The van der Waals surface area contributed by atoms with Crippen molar-refractivity contribution >= 4 is 11.7 Å². The van der Waals surface area contributed by atoms with Gasteiger partial charge in [0, 0.05) is 33.1 Å². The summed E-state index contributed by atoms with van der Waals surface area (Å²) in [6.07, 6.45) is 1.00. The molecule has 2 heterocycles. The average Bonchev–Trinajstić information content (AvgIpc) is 2.49. The normalized spacial score (nSPS) is 23.0. The molecule has 0 radical (unpaired) electrons. The Morgan fingerprint density at radius 1 is 1.32 bits per heavy atom. The smallest absolute Gasteiger partial charge is 0.219 e. The Labute approximate surface area is 113 Å². The number of amides is 1. The molecule has 2 saturated heterocycles. The second-order valence-corrected chi connectivity index (χ2v) is 4.29. The van der Waals surface area contributed by atoms with E-state index in [0.717, 1.165) is 19.6 Å². The highest BCUT2D eigenvalue weighted by Crippen LogP contribution is 1.97. The van der Waals surface area contributed by atoms with Gasteiger partial charge in [0.25, 0.3) is 0 Å². The molecule has 0 saturated carbocycles. The lowest BCUT2D eigenvalue weighted by atomic mass is 10.2. The number of hydrogen-bond donors (Lipinski definition) is 1. The fourth-order valence-corrected chi connectivity index (χ4v) is 1.76. The minimum absolute atomic E-state index is 0.0350. The molecule has 1 N–H and O–H groups in total. The zero-order chi connectivity index (χ0) is 14.1. The van der Waals surface area contributed by atoms with Gasteiger partial charge in [0.15, 0.2) is 5.78 Å². The first-order valence-electron chi connectivity index (χ1n) is 6.47. The van der Waals surface area contributed by atoms with Gasteiger partial charge in [0.1, 0.15) is 6.10 Å². The Morgan fingerprint density at radius 2 is 2.00 bits per heavy atom. The predicted octanol–water partition coefficient (Wildman–Crippen LogP) is -0.405. The molecule has 2 fully saturated rings. The van der Waals surface area contributed by atoms with Crippen LogP contribution in [0.3, 0.4) is 0 Å². The zero-order valence-electron chi connectivity index (χ0n) is 11.4. The topological polar surface area (TPSA) is 67.9 Å². The van der Waals surface area contributed by atoms with E-state index in [4.69, 9.17) is 9.47 Å². The van der Waals surface area contributed by atoms with Crippen LogP contribution >= 0.6 is 0 Å². The Bertz CT molecular complexity index is 308. The van der Waals surface area contributed by atoms with Crippen molar-refractivity contribution in [2.24, 2.45) is 0 Å². The fraction of sp³-hybridized carbons (Fsp3) is 0.692. The van der Waals surface area contributed by atoms with Gasteiger partial charge in [-0.3, -0.25) is 9.59 Å². The van der Waals surface area contributed by atoms with E-state index in [0.29, 0.717) is 26.4 Å². The lowest BCUT2D eigenvalue weighted by molar-refractivity contribution is -0.132. The Morgan fingerprint density at radius 3 is 2.42 bits per heavy atom. The summed E-state index contributed by atoms with van der Waals surface area (Å²) < 4.78 is 10.2. The van der Waals surface area contributed by atoms with Gasteiger partial charge >= 0.3 is 0 Å². The van der Waals surface area contributed by atoms with Gasteiger partial charge in [-0.1, -0.05) is 6.58 Å². The molecule has 0 bridgehead atoms. The first-order valence-corrected chi connectivity index (χ1v) is 6.47. The largest absolute Gasteiger partial charge is 0.378 e. The monoisotopic (exact) mass is 270 g/mol. The van der Waals surface area contributed by atoms with Crippen LogP contribution in [0.4, 0.5) is 0 Å². The van der Waals surface area contributed by atoms with Crippen LogP contribution in [0.2, 0.25) is 0 Å². The van der Waals surface area contributed by atoms with E-state index in [1.165, 1.54) is 6.08 Å². The lowest BCUT2D eigenvalue weighted by Gasteiger charge is -2.25. The highest BCUT2D eigenvalue weighted by atomic mass is 16.5. The third-order valence-corrected chi connectivity index (χ3v) is 2.90. The first kappa shape index (κ1) is 15.8. The van der Waals surface area contributed by atoms with Crippen LogP contribution in [0.15, 0.2) is 12.7 Å². The van der Waals surface area contributed by atoms with Crippen LogP contribution in [0.5, 0.6) is 0 Å². The van der Waals surface area contributed by atoms with Gasteiger partial charge in [0.2, 0.25) is 5.91 Å². The molecule has 19 heavy (non-hydrogen) atoms. The van der Waals surface area contributed by atoms with Crippen LogP contribution in [0.1, 0.15) is 6.92 Å². The maximum Gasteiger partial charge on any atom is 0.219 e. The standard InChI is InChI=1S/C7H11NO2.C6H11NO2/c1-2-6(9)7-5-8-3-4-10-7;1-6(8)7-2-4-9-5-3-7/h2,7-8H,1,3-5H2;2-5H2,1H3. The molecule has 2 aliphatic heterocycles. The van der Waals surface area contributed by atoms with Crippen molar-refractivity contribution in [2.45, 2.75) is 13.0 Å². The number of ketones is 1. The number of carbonyl (C=O) groups is 2. The third kappa shape index (κ3) is 5.96. The van der Waals surface area contributed by atoms with E-state index in [1.807, 2.05) is 0 Å². The quantitative estimate of drug-likeness (QED) is 0.691. The fourth-order valence-electron chi connectivity index (χ4n) is 1.76. The van der Waals surface area contributed by atoms with Crippen molar-refractivity contribution in [3.05, 3.63) is 12.7 Å². The summed E-state index contributed by atoms with van der Waals surface area (Å²) in [5, 5.41) is 3.06. The molecule has 1 unspecified atom stereocenters. The SMILES string of the molecule is C=CC(=O)C1CNCCO1.CC(=O)N1CCOCC1. The molecule has 108 valence electrons. The minimum atomic E-state index is -0.300. The number of carbonyl (C=O) groups excluding carboxylic acids is 2. The van der Waals surface area contributed by atoms with E-state index in [1.54, 1.807) is 11.8 Å². The summed E-state index contributed by atoms with van der Waals surface area (Å²) in [4.78, 5) is 23.3. The van der Waals surface area contributed by atoms with Crippen LogP contribution in [0.25, 0.3) is 0 Å². The van der Waals surface area contributed by atoms with Gasteiger partial charge in [0.05, 0.1) is 19.8 Å². The second kappa shape index (κ2) is 8.79. The highest BCUT2D eigenvalue weighted by molar-refractivity contribution is 5.93. The predicted molar refractivity (Wildman–Crippen MR) is 70.9 cm³/mol. The van der Waals surface area contributed by atoms with E-state index >= 15 is 0 Å². The van der Waals surface area contributed by atoms with Crippen LogP contribution in [-0.4, -0.2) is 68.7 Å². The lowest BCUT2D eigenvalue weighted by Crippen LogP contribution is -2.42. The molecule has 2 rings (SSSR count). The first-order chi connectivity index (χ1) is 9.15. The number of hydrogen-bond acceptors (Lipinski definition) is 5. The summed E-state index contributed by atoms with van der Waals surface area (Å²) in [6, 6.07) is 0. The highest BCUT2D eigenvalue weighted by Gasteiger charge is 2.18. The second-order valence-electron chi connectivity index (χ2n) is 4.29. The van der Waals surface area contributed by atoms with Crippen LogP contribution in [0, 0.1) is 0 Å². The molecule has 6 nitrogen and oxygen atoms in total. The van der Waals surface area contributed by atoms with Gasteiger partial charge in [-0.05, 0) is 6.08 Å². The molecule has 0 aliphatic carbocycles. The summed E-state index contributed by atoms with van der Waals surface area (Å²) in [7, 11) is 0. The third-order valence-electron chi connectivity index (χ3n) is 2.90. The van der Waals surface area contributed by atoms with E-state index in [2.05, 4.69) is 11.9 Å². The Balaban J connectivity index is 0.000000191. The van der Waals surface area contributed by atoms with Gasteiger partial charge < -0.3 is 19.7 Å². The molecule has 0 aromatic rings. The minimum Gasteiger partial charge on any atom is -0.378 e. The number of nitrogens with zero attached hydrogens (tertiary/aromatic N) is 1. The molecule has 2 aliphatic rings. The Hall–Kier alpha value is -1.24. The summed E-state index contributed by atoms with van der Waals surface area (Å²) in [5.74, 6) is 0.116. The molecule has 1 atom stereocenters. The van der Waals surface area contributed by atoms with E-state index in [9.17, 15) is 9.59 Å². The van der Waals surface area contributed by atoms with Crippen LogP contribution in [-0.2, 0) is 19.1 Å². The molecule has 0 aromatic carbocycles.